The summed E-state index contributed by atoms with van der Waals surface area (Å²) in [6.07, 6.45) is 85.2. The molecular formula is C72H130O6. The van der Waals surface area contributed by atoms with Crippen molar-refractivity contribution in [2.45, 2.75) is 367 Å². The maximum Gasteiger partial charge on any atom is 0.306 e. The van der Waals surface area contributed by atoms with Gasteiger partial charge < -0.3 is 14.2 Å². The van der Waals surface area contributed by atoms with E-state index in [9.17, 15) is 14.4 Å². The van der Waals surface area contributed by atoms with Crippen LogP contribution in [0.4, 0.5) is 0 Å². The molecule has 0 N–H and O–H groups in total. The highest BCUT2D eigenvalue weighted by Gasteiger charge is 2.19. The second-order valence-corrected chi connectivity index (χ2v) is 23.1. The zero-order chi connectivity index (χ0) is 56.4. The number of hydrogen-bond donors (Lipinski definition) is 0. The second kappa shape index (κ2) is 66.6. The average molecular weight is 1090 g/mol. The Bertz CT molecular complexity index is 1390. The molecule has 454 valence electrons. The summed E-state index contributed by atoms with van der Waals surface area (Å²) in [4.78, 5) is 38.4. The molecule has 0 spiro atoms. The van der Waals surface area contributed by atoms with Crippen LogP contribution in [0.1, 0.15) is 361 Å². The Morgan fingerprint density at radius 1 is 0.256 bits per heavy atom. The second-order valence-electron chi connectivity index (χ2n) is 23.1. The fraction of sp³-hybridized carbons (Fsp3) is 0.819. The van der Waals surface area contributed by atoms with Crippen LogP contribution in [0.2, 0.25) is 0 Å². The zero-order valence-corrected chi connectivity index (χ0v) is 52.2. The van der Waals surface area contributed by atoms with Gasteiger partial charge in [-0.3, -0.25) is 14.4 Å². The molecule has 1 atom stereocenters. The number of allylic oxidation sites excluding steroid dienone is 10. The van der Waals surface area contributed by atoms with Gasteiger partial charge in [0.25, 0.3) is 0 Å². The van der Waals surface area contributed by atoms with E-state index in [4.69, 9.17) is 14.2 Å². The molecule has 0 aliphatic heterocycles. The summed E-state index contributed by atoms with van der Waals surface area (Å²) in [5.41, 5.74) is 0. The lowest BCUT2D eigenvalue weighted by molar-refractivity contribution is -0.167. The van der Waals surface area contributed by atoms with E-state index in [1.165, 1.54) is 244 Å². The molecule has 0 saturated carbocycles. The SMILES string of the molecule is CCCCC/C=C\C/C=C\CCCCCCCCCCCC(=O)OC(COC(=O)CCCCCCC/C=C\CCCCCCCCC)COC(=O)CCCCCCCCCCCCCCC/C=C\C/C=C\CCCCCCC. The molecule has 0 fully saturated rings. The highest BCUT2D eigenvalue weighted by Crippen LogP contribution is 2.17. The Hall–Kier alpha value is -2.89. The van der Waals surface area contributed by atoms with E-state index in [-0.39, 0.29) is 31.1 Å². The predicted octanol–water partition coefficient (Wildman–Crippen LogP) is 23.5. The first-order valence-electron chi connectivity index (χ1n) is 34.3. The quantitative estimate of drug-likeness (QED) is 0.0261. The molecule has 1 unspecified atom stereocenters. The fourth-order valence-electron chi connectivity index (χ4n) is 10.0. The van der Waals surface area contributed by atoms with E-state index >= 15 is 0 Å². The number of ether oxygens (including phenoxy) is 3. The largest absolute Gasteiger partial charge is 0.462 e. The molecule has 0 aromatic carbocycles. The van der Waals surface area contributed by atoms with Gasteiger partial charge in [0, 0.05) is 19.3 Å². The van der Waals surface area contributed by atoms with Gasteiger partial charge in [0.2, 0.25) is 0 Å². The first-order valence-corrected chi connectivity index (χ1v) is 34.3. The highest BCUT2D eigenvalue weighted by atomic mass is 16.6. The third-order valence-electron chi connectivity index (χ3n) is 15.2. The van der Waals surface area contributed by atoms with E-state index in [0.29, 0.717) is 19.3 Å². The Kier molecular flexibility index (Phi) is 64.2. The Labute approximate surface area is 485 Å². The molecule has 0 saturated heterocycles. The lowest BCUT2D eigenvalue weighted by atomic mass is 10.0. The molecule has 0 radical (unpaired) electrons. The summed E-state index contributed by atoms with van der Waals surface area (Å²) in [6, 6.07) is 0. The molecule has 6 nitrogen and oxygen atoms in total. The summed E-state index contributed by atoms with van der Waals surface area (Å²) in [7, 11) is 0. The minimum absolute atomic E-state index is 0.0764. The van der Waals surface area contributed by atoms with Gasteiger partial charge in [0.05, 0.1) is 0 Å². The molecule has 0 aromatic heterocycles. The molecule has 0 aliphatic carbocycles. The number of esters is 3. The van der Waals surface area contributed by atoms with E-state index in [2.05, 4.69) is 81.5 Å². The molecule has 0 aliphatic rings. The molecule has 6 heteroatoms. The van der Waals surface area contributed by atoms with Crippen LogP contribution in [0.3, 0.4) is 0 Å². The smallest absolute Gasteiger partial charge is 0.306 e. The Morgan fingerprint density at radius 2 is 0.462 bits per heavy atom. The van der Waals surface area contributed by atoms with Gasteiger partial charge in [-0.15, -0.1) is 0 Å². The molecule has 0 aromatic rings. The van der Waals surface area contributed by atoms with Gasteiger partial charge in [-0.05, 0) is 109 Å². The van der Waals surface area contributed by atoms with Gasteiger partial charge in [-0.1, -0.05) is 293 Å². The zero-order valence-electron chi connectivity index (χ0n) is 52.2. The summed E-state index contributed by atoms with van der Waals surface area (Å²) < 4.78 is 17.0. The van der Waals surface area contributed by atoms with Crippen LogP contribution in [0, 0.1) is 0 Å². The van der Waals surface area contributed by atoms with Crippen molar-refractivity contribution in [2.24, 2.45) is 0 Å². The van der Waals surface area contributed by atoms with Gasteiger partial charge in [-0.2, -0.15) is 0 Å². The predicted molar refractivity (Wildman–Crippen MR) is 339 cm³/mol. The minimum atomic E-state index is -0.781. The third-order valence-corrected chi connectivity index (χ3v) is 15.2. The molecule has 0 heterocycles. The van der Waals surface area contributed by atoms with E-state index in [1.807, 2.05) is 0 Å². The van der Waals surface area contributed by atoms with E-state index in [0.717, 1.165) is 77.0 Å². The van der Waals surface area contributed by atoms with Crippen molar-refractivity contribution in [3.05, 3.63) is 60.8 Å². The molecule has 0 amide bonds. The minimum Gasteiger partial charge on any atom is -0.462 e. The molecule has 78 heavy (non-hydrogen) atoms. The molecular weight excluding hydrogens is 961 g/mol. The third kappa shape index (κ3) is 63.9. The first-order chi connectivity index (χ1) is 38.5. The van der Waals surface area contributed by atoms with Crippen LogP contribution in [0.5, 0.6) is 0 Å². The lowest BCUT2D eigenvalue weighted by Crippen LogP contribution is -2.30. The number of hydrogen-bond acceptors (Lipinski definition) is 6. The van der Waals surface area contributed by atoms with Crippen molar-refractivity contribution in [1.82, 2.24) is 0 Å². The van der Waals surface area contributed by atoms with Crippen molar-refractivity contribution in [2.75, 3.05) is 13.2 Å². The van der Waals surface area contributed by atoms with Crippen molar-refractivity contribution in [3.8, 4) is 0 Å². The normalized spacial score (nSPS) is 12.4. The van der Waals surface area contributed by atoms with Gasteiger partial charge in [0.1, 0.15) is 13.2 Å². The van der Waals surface area contributed by atoms with E-state index in [1.54, 1.807) is 0 Å². The maximum absolute atomic E-state index is 12.9. The molecule has 0 bridgehead atoms. The van der Waals surface area contributed by atoms with Crippen LogP contribution in [-0.2, 0) is 28.6 Å². The van der Waals surface area contributed by atoms with Gasteiger partial charge in [-0.25, -0.2) is 0 Å². The van der Waals surface area contributed by atoms with Crippen LogP contribution < -0.4 is 0 Å². The summed E-state index contributed by atoms with van der Waals surface area (Å²) in [5.74, 6) is -0.869. The Morgan fingerprint density at radius 3 is 0.744 bits per heavy atom. The van der Waals surface area contributed by atoms with Gasteiger partial charge in [0.15, 0.2) is 6.10 Å². The number of carbonyl (C=O) groups is 3. The van der Waals surface area contributed by atoms with Crippen LogP contribution in [0.15, 0.2) is 60.8 Å². The van der Waals surface area contributed by atoms with E-state index < -0.39 is 6.10 Å². The molecule has 0 rings (SSSR count). The lowest BCUT2D eigenvalue weighted by Gasteiger charge is -2.18. The Balaban J connectivity index is 4.32. The van der Waals surface area contributed by atoms with Crippen LogP contribution >= 0.6 is 0 Å². The van der Waals surface area contributed by atoms with Crippen molar-refractivity contribution in [1.29, 1.82) is 0 Å². The average Bonchev–Trinajstić information content (AvgIpc) is 3.44. The number of carbonyl (C=O) groups excluding carboxylic acids is 3. The fourth-order valence-corrected chi connectivity index (χ4v) is 10.0. The van der Waals surface area contributed by atoms with Crippen molar-refractivity contribution in [3.63, 3.8) is 0 Å². The highest BCUT2D eigenvalue weighted by molar-refractivity contribution is 5.71. The number of unbranched alkanes of at least 4 members (excludes halogenated alkanes) is 42. The van der Waals surface area contributed by atoms with Gasteiger partial charge >= 0.3 is 17.9 Å². The van der Waals surface area contributed by atoms with Crippen LogP contribution in [0.25, 0.3) is 0 Å². The van der Waals surface area contributed by atoms with Crippen molar-refractivity contribution < 1.29 is 28.6 Å². The summed E-state index contributed by atoms with van der Waals surface area (Å²) >= 11 is 0. The first kappa shape index (κ1) is 75.1. The maximum atomic E-state index is 12.9. The number of rotatable bonds is 63. The summed E-state index contributed by atoms with van der Waals surface area (Å²) in [6.45, 7) is 6.65. The standard InChI is InChI=1S/C72H130O6/c1-4-7-10-13-16-19-22-25-28-31-33-34-35-36-37-38-40-41-44-47-50-53-56-59-62-65-71(74)77-68-69(67-76-70(73)64-61-58-55-52-49-46-43-30-27-24-21-18-15-12-9-6-3)78-72(75)66-63-60-57-54-51-48-45-42-39-32-29-26-23-20-17-14-11-8-5-2/h17,20,22,25-26,29-31,33,43,69H,4-16,18-19,21,23-24,27-28,32,34-42,44-68H2,1-3H3/b20-17-,25-22-,29-26-,33-31-,43-30-. The topological polar surface area (TPSA) is 78.9 Å². The van der Waals surface area contributed by atoms with Crippen molar-refractivity contribution >= 4 is 17.9 Å². The van der Waals surface area contributed by atoms with Crippen LogP contribution in [-0.4, -0.2) is 37.2 Å². The summed E-state index contributed by atoms with van der Waals surface area (Å²) in [5, 5.41) is 0. The monoisotopic (exact) mass is 1090 g/mol.